The molecule has 3 aromatic carbocycles. The van der Waals surface area contributed by atoms with Crippen molar-refractivity contribution in [1.29, 1.82) is 5.26 Å². The molecule has 0 N–H and O–H groups in total. The molecular formula is C32H26ClN3O5S. The number of benzene rings is 3. The highest BCUT2D eigenvalue weighted by molar-refractivity contribution is 7.07. The van der Waals surface area contributed by atoms with E-state index < -0.39 is 12.0 Å². The number of aromatic nitrogens is 1. The van der Waals surface area contributed by atoms with Crippen LogP contribution in [0.4, 0.5) is 0 Å². The van der Waals surface area contributed by atoms with Gasteiger partial charge in [0.1, 0.15) is 6.61 Å². The van der Waals surface area contributed by atoms with Crippen molar-refractivity contribution < 1.29 is 19.0 Å². The minimum atomic E-state index is -0.683. The molecule has 0 unspecified atom stereocenters. The summed E-state index contributed by atoms with van der Waals surface area (Å²) >= 11 is 7.85. The first-order valence-electron chi connectivity index (χ1n) is 13.1. The SMILES string of the molecule is CCC1=C(C(=O)OC)[C@H](c2ccccc2)n2c(s/c(=C\c3cc(Cl)c(OCc4ccccc4C#N)c(OC)c3)c2=O)=N1. The first-order valence-corrected chi connectivity index (χ1v) is 14.3. The first-order chi connectivity index (χ1) is 20.4. The molecule has 2 heterocycles. The van der Waals surface area contributed by atoms with Gasteiger partial charge < -0.3 is 14.2 Å². The number of hydrogen-bond donors (Lipinski definition) is 0. The molecule has 10 heteroatoms. The zero-order valence-electron chi connectivity index (χ0n) is 23.1. The third kappa shape index (κ3) is 5.47. The molecular weight excluding hydrogens is 574 g/mol. The van der Waals surface area contributed by atoms with Crippen LogP contribution < -0.4 is 24.4 Å². The van der Waals surface area contributed by atoms with Crippen LogP contribution in [-0.2, 0) is 16.1 Å². The van der Waals surface area contributed by atoms with Gasteiger partial charge in [-0.05, 0) is 41.8 Å². The topological polar surface area (TPSA) is 103 Å². The summed E-state index contributed by atoms with van der Waals surface area (Å²) in [6, 6.07) is 21.4. The summed E-state index contributed by atoms with van der Waals surface area (Å²) in [7, 11) is 2.82. The lowest BCUT2D eigenvalue weighted by atomic mass is 9.95. The van der Waals surface area contributed by atoms with Crippen LogP contribution >= 0.6 is 22.9 Å². The largest absolute Gasteiger partial charge is 0.493 e. The molecule has 1 aliphatic heterocycles. The summed E-state index contributed by atoms with van der Waals surface area (Å²) in [4.78, 5) is 32.0. The Kier molecular flexibility index (Phi) is 8.57. The van der Waals surface area contributed by atoms with Crippen LogP contribution in [0.1, 0.15) is 41.6 Å². The van der Waals surface area contributed by atoms with Crippen molar-refractivity contribution in [3.05, 3.63) is 125 Å². The number of esters is 1. The van der Waals surface area contributed by atoms with Crippen LogP contribution in [-0.4, -0.2) is 24.8 Å². The molecule has 1 aliphatic rings. The standard InChI is InChI=1S/C32H26ClN3O5S/c1-4-24-27(31(38)40-3)28(20-10-6-5-7-11-20)36-30(37)26(42-32(36)35-24)16-19-14-23(33)29(25(15-19)39-2)41-18-22-13-9-8-12-21(22)17-34/h5-16,28H,4,18H2,1-3H3/b26-16-/t28-/m0/s1. The van der Waals surface area contributed by atoms with E-state index in [0.29, 0.717) is 55.2 Å². The molecule has 0 amide bonds. The van der Waals surface area contributed by atoms with Crippen molar-refractivity contribution in [3.8, 4) is 17.6 Å². The quantitative estimate of drug-likeness (QED) is 0.267. The number of halogens is 1. The second-order valence-corrected chi connectivity index (χ2v) is 10.7. The molecule has 5 rings (SSSR count). The third-order valence-corrected chi connectivity index (χ3v) is 8.09. The summed E-state index contributed by atoms with van der Waals surface area (Å²) < 4.78 is 18.6. The highest BCUT2D eigenvalue weighted by Gasteiger charge is 2.33. The second kappa shape index (κ2) is 12.5. The van der Waals surface area contributed by atoms with Crippen LogP contribution in [0.3, 0.4) is 0 Å². The van der Waals surface area contributed by atoms with Gasteiger partial charge in [-0.2, -0.15) is 5.26 Å². The Hall–Kier alpha value is -4.65. The van der Waals surface area contributed by atoms with Gasteiger partial charge in [-0.15, -0.1) is 0 Å². The number of nitriles is 1. The third-order valence-electron chi connectivity index (χ3n) is 6.82. The zero-order chi connectivity index (χ0) is 29.8. The van der Waals surface area contributed by atoms with E-state index in [9.17, 15) is 14.9 Å². The van der Waals surface area contributed by atoms with E-state index in [4.69, 9.17) is 30.8 Å². The van der Waals surface area contributed by atoms with Crippen LogP contribution in [0.25, 0.3) is 6.08 Å². The van der Waals surface area contributed by atoms with E-state index in [-0.39, 0.29) is 17.2 Å². The molecule has 0 bridgehead atoms. The fraction of sp³-hybridized carbons (Fsp3) is 0.188. The average molecular weight is 600 g/mol. The average Bonchev–Trinajstić information content (AvgIpc) is 3.33. The number of fused-ring (bicyclic) bond motifs is 1. The monoisotopic (exact) mass is 599 g/mol. The molecule has 0 spiro atoms. The van der Waals surface area contributed by atoms with Crippen molar-refractivity contribution in [2.75, 3.05) is 14.2 Å². The van der Waals surface area contributed by atoms with Crippen LogP contribution in [0.2, 0.25) is 5.02 Å². The van der Waals surface area contributed by atoms with Gasteiger partial charge in [0.25, 0.3) is 5.56 Å². The van der Waals surface area contributed by atoms with Gasteiger partial charge in [0.2, 0.25) is 0 Å². The maximum atomic E-state index is 13.9. The van der Waals surface area contributed by atoms with Crippen molar-refractivity contribution in [3.63, 3.8) is 0 Å². The summed E-state index contributed by atoms with van der Waals surface area (Å²) in [6.45, 7) is 2.04. The number of methoxy groups -OCH3 is 2. The van der Waals surface area contributed by atoms with E-state index in [1.54, 1.807) is 34.9 Å². The van der Waals surface area contributed by atoms with Gasteiger partial charge in [0.05, 0.1) is 52.7 Å². The molecule has 212 valence electrons. The smallest absolute Gasteiger partial charge is 0.338 e. The summed E-state index contributed by atoms with van der Waals surface area (Å²) in [6.07, 6.45) is 2.20. The van der Waals surface area contributed by atoms with E-state index in [1.807, 2.05) is 49.4 Å². The van der Waals surface area contributed by atoms with Crippen LogP contribution in [0.5, 0.6) is 11.5 Å². The lowest BCUT2D eigenvalue weighted by Crippen LogP contribution is -2.40. The Bertz CT molecular complexity index is 1920. The fourth-order valence-electron chi connectivity index (χ4n) is 4.83. The number of ether oxygens (including phenoxy) is 3. The summed E-state index contributed by atoms with van der Waals surface area (Å²) in [5.41, 5.74) is 3.24. The lowest BCUT2D eigenvalue weighted by molar-refractivity contribution is -0.136. The highest BCUT2D eigenvalue weighted by atomic mass is 35.5. The minimum absolute atomic E-state index is 0.125. The zero-order valence-corrected chi connectivity index (χ0v) is 24.7. The molecule has 0 fully saturated rings. The summed E-state index contributed by atoms with van der Waals surface area (Å²) in [5.74, 6) is 0.174. The predicted octanol–water partition coefficient (Wildman–Crippen LogP) is 4.91. The lowest BCUT2D eigenvalue weighted by Gasteiger charge is -2.25. The molecule has 0 saturated carbocycles. The number of rotatable bonds is 8. The normalized spacial score (nSPS) is 14.5. The minimum Gasteiger partial charge on any atom is -0.493 e. The van der Waals surface area contributed by atoms with E-state index in [0.717, 1.165) is 5.56 Å². The van der Waals surface area contributed by atoms with Crippen LogP contribution in [0.15, 0.2) is 87.8 Å². The number of nitrogens with zero attached hydrogens (tertiary/aromatic N) is 3. The number of hydrogen-bond acceptors (Lipinski definition) is 8. The first kappa shape index (κ1) is 28.9. The van der Waals surface area contributed by atoms with E-state index in [2.05, 4.69) is 6.07 Å². The number of thiazole rings is 1. The van der Waals surface area contributed by atoms with Gasteiger partial charge >= 0.3 is 5.97 Å². The van der Waals surface area contributed by atoms with Gasteiger partial charge in [0, 0.05) is 5.56 Å². The van der Waals surface area contributed by atoms with E-state index >= 15 is 0 Å². The maximum Gasteiger partial charge on any atom is 0.338 e. The number of carbonyl (C=O) groups is 1. The van der Waals surface area contributed by atoms with Gasteiger partial charge in [-0.1, -0.05) is 78.4 Å². The van der Waals surface area contributed by atoms with Gasteiger partial charge in [-0.25, -0.2) is 9.79 Å². The van der Waals surface area contributed by atoms with Gasteiger partial charge in [0.15, 0.2) is 16.3 Å². The Balaban J connectivity index is 1.59. The van der Waals surface area contributed by atoms with Crippen molar-refractivity contribution in [1.82, 2.24) is 4.57 Å². The fourth-order valence-corrected chi connectivity index (χ4v) is 6.13. The molecule has 8 nitrogen and oxygen atoms in total. The van der Waals surface area contributed by atoms with E-state index in [1.165, 1.54) is 25.6 Å². The molecule has 0 aliphatic carbocycles. The Morgan fingerprint density at radius 3 is 2.57 bits per heavy atom. The Labute approximate surface area is 251 Å². The van der Waals surface area contributed by atoms with Crippen molar-refractivity contribution in [2.24, 2.45) is 4.99 Å². The Morgan fingerprint density at radius 2 is 1.88 bits per heavy atom. The van der Waals surface area contributed by atoms with Crippen LogP contribution in [0, 0.1) is 11.3 Å². The molecule has 0 radical (unpaired) electrons. The predicted molar refractivity (Wildman–Crippen MR) is 160 cm³/mol. The maximum absolute atomic E-state index is 13.9. The molecule has 1 aromatic heterocycles. The number of allylic oxidation sites excluding steroid dienone is 1. The molecule has 42 heavy (non-hydrogen) atoms. The highest BCUT2D eigenvalue weighted by Crippen LogP contribution is 2.37. The number of carbonyl (C=O) groups excluding carboxylic acids is 1. The Morgan fingerprint density at radius 1 is 1.14 bits per heavy atom. The second-order valence-electron chi connectivity index (χ2n) is 9.29. The van der Waals surface area contributed by atoms with Crippen molar-refractivity contribution >= 4 is 35.0 Å². The van der Waals surface area contributed by atoms with Gasteiger partial charge in [-0.3, -0.25) is 9.36 Å². The van der Waals surface area contributed by atoms with Crippen molar-refractivity contribution in [2.45, 2.75) is 26.0 Å². The molecule has 0 saturated heterocycles. The summed E-state index contributed by atoms with van der Waals surface area (Å²) in [5, 5.41) is 9.66. The molecule has 1 atom stereocenters. The molecule has 4 aromatic rings.